The highest BCUT2D eigenvalue weighted by atomic mass is 32.2. The van der Waals surface area contributed by atoms with Gasteiger partial charge >= 0.3 is 0 Å². The van der Waals surface area contributed by atoms with Crippen LogP contribution in [0.2, 0.25) is 0 Å². The van der Waals surface area contributed by atoms with Crippen molar-refractivity contribution in [2.75, 3.05) is 18.8 Å². The Balaban J connectivity index is 1.54. The first-order valence-electron chi connectivity index (χ1n) is 10.8. The molecule has 0 radical (unpaired) electrons. The van der Waals surface area contributed by atoms with Crippen LogP contribution in [0.15, 0.2) is 34.3 Å². The van der Waals surface area contributed by atoms with Crippen molar-refractivity contribution in [1.29, 1.82) is 0 Å². The van der Waals surface area contributed by atoms with Crippen LogP contribution in [-0.2, 0) is 9.59 Å². The molecule has 0 aromatic heterocycles. The molecule has 1 aromatic rings. The van der Waals surface area contributed by atoms with Crippen molar-refractivity contribution in [3.63, 3.8) is 0 Å². The third kappa shape index (κ3) is 4.17. The first-order valence-corrected chi connectivity index (χ1v) is 11.8. The zero-order chi connectivity index (χ0) is 21.4. The van der Waals surface area contributed by atoms with Gasteiger partial charge in [0.05, 0.1) is 11.4 Å². The molecule has 0 N–H and O–H groups in total. The summed E-state index contributed by atoms with van der Waals surface area (Å²) in [5.41, 5.74) is 1.69. The van der Waals surface area contributed by atoms with Crippen molar-refractivity contribution in [3.05, 3.63) is 29.8 Å². The maximum absolute atomic E-state index is 13.1. The smallest absolute Gasteiger partial charge is 0.259 e. The summed E-state index contributed by atoms with van der Waals surface area (Å²) < 4.78 is 0. The van der Waals surface area contributed by atoms with Crippen LogP contribution in [0.4, 0.5) is 5.69 Å². The number of rotatable bonds is 4. The maximum atomic E-state index is 13.1. The van der Waals surface area contributed by atoms with Crippen LogP contribution < -0.4 is 0 Å². The van der Waals surface area contributed by atoms with Gasteiger partial charge in [0.1, 0.15) is 11.9 Å². The molecule has 0 aliphatic carbocycles. The van der Waals surface area contributed by atoms with Crippen LogP contribution in [0, 0.1) is 17.8 Å². The summed E-state index contributed by atoms with van der Waals surface area (Å²) in [6.45, 7) is 10.2. The van der Waals surface area contributed by atoms with Crippen molar-refractivity contribution < 1.29 is 9.59 Å². The number of likely N-dealkylation sites (tertiary alicyclic amines) is 1. The zero-order valence-electron chi connectivity index (χ0n) is 18.2. The number of benzene rings is 1. The molecule has 160 valence electrons. The summed E-state index contributed by atoms with van der Waals surface area (Å²) >= 11 is 1.35. The summed E-state index contributed by atoms with van der Waals surface area (Å²) in [6, 6.07) is 7.39. The van der Waals surface area contributed by atoms with Crippen molar-refractivity contribution in [2.45, 2.75) is 46.6 Å². The Hall–Kier alpha value is -2.15. The summed E-state index contributed by atoms with van der Waals surface area (Å²) in [5, 5.41) is 0.565. The predicted octanol–water partition coefficient (Wildman–Crippen LogP) is 3.93. The molecular weight excluding hydrogens is 396 g/mol. The number of hydrogen-bond acceptors (Lipinski definition) is 5. The summed E-state index contributed by atoms with van der Waals surface area (Å²) in [5.74, 6) is 2.46. The largest absolute Gasteiger partial charge is 0.341 e. The number of carbonyl (C=O) groups excluding carboxylic acids is 2. The molecule has 0 saturated carbocycles. The molecule has 7 heteroatoms. The first-order chi connectivity index (χ1) is 14.3. The van der Waals surface area contributed by atoms with E-state index in [0.717, 1.165) is 24.3 Å². The van der Waals surface area contributed by atoms with Crippen LogP contribution in [0.25, 0.3) is 0 Å². The summed E-state index contributed by atoms with van der Waals surface area (Å²) in [7, 11) is 0. The molecule has 4 rings (SSSR count). The van der Waals surface area contributed by atoms with Gasteiger partial charge in [0.25, 0.3) is 5.91 Å². The normalized spacial score (nSPS) is 25.8. The van der Waals surface area contributed by atoms with Crippen LogP contribution in [-0.4, -0.2) is 57.5 Å². The Bertz CT molecular complexity index is 900. The number of nitrogens with zero attached hydrogens (tertiary/aromatic N) is 4. The second kappa shape index (κ2) is 8.53. The van der Waals surface area contributed by atoms with E-state index >= 15 is 0 Å². The number of para-hydroxylation sites is 1. The molecule has 3 aliphatic rings. The van der Waals surface area contributed by atoms with Gasteiger partial charge in [-0.1, -0.05) is 51.6 Å². The standard InChI is InChI=1S/C23H30N4O2S/c1-14(2)9-19-22(29)27-21(24-19)17-7-5-6-8-18(17)25-23(27)30-13-20(28)26-11-15(3)10-16(4)12-26/h5-8,14-16,19H,9-13H2,1-4H3. The van der Waals surface area contributed by atoms with Crippen molar-refractivity contribution >= 4 is 40.3 Å². The average Bonchev–Trinajstić information content (AvgIpc) is 3.01. The SMILES string of the molecule is CC(C)CC1N=C2c3ccccc3N=C(SCC(=O)N3CC(C)CC(C)C3)N2C1=O. The van der Waals surface area contributed by atoms with Crippen LogP contribution in [0.5, 0.6) is 0 Å². The van der Waals surface area contributed by atoms with E-state index in [9.17, 15) is 9.59 Å². The molecule has 3 atom stereocenters. The monoisotopic (exact) mass is 426 g/mol. The lowest BCUT2D eigenvalue weighted by molar-refractivity contribution is -0.131. The van der Waals surface area contributed by atoms with Crippen molar-refractivity contribution in [2.24, 2.45) is 27.7 Å². The van der Waals surface area contributed by atoms with Gasteiger partial charge in [-0.3, -0.25) is 14.6 Å². The number of hydrogen-bond donors (Lipinski definition) is 0. The molecule has 3 unspecified atom stereocenters. The van der Waals surface area contributed by atoms with Gasteiger partial charge < -0.3 is 4.90 Å². The molecule has 1 fully saturated rings. The van der Waals surface area contributed by atoms with Gasteiger partial charge in [-0.05, 0) is 42.7 Å². The van der Waals surface area contributed by atoms with Crippen LogP contribution >= 0.6 is 11.8 Å². The number of amidine groups is 2. The Morgan fingerprint density at radius 1 is 1.20 bits per heavy atom. The topological polar surface area (TPSA) is 65.3 Å². The van der Waals surface area contributed by atoms with Gasteiger partial charge in [0.2, 0.25) is 5.91 Å². The fraction of sp³-hybridized carbons (Fsp3) is 0.565. The molecule has 6 nitrogen and oxygen atoms in total. The highest BCUT2D eigenvalue weighted by Gasteiger charge is 2.41. The number of carbonyl (C=O) groups is 2. The van der Waals surface area contributed by atoms with Crippen molar-refractivity contribution in [1.82, 2.24) is 9.80 Å². The van der Waals surface area contributed by atoms with Crippen LogP contribution in [0.3, 0.4) is 0 Å². The van der Waals surface area contributed by atoms with E-state index in [1.165, 1.54) is 18.2 Å². The minimum absolute atomic E-state index is 0.0351. The number of piperidine rings is 1. The van der Waals surface area contributed by atoms with Gasteiger partial charge in [-0.2, -0.15) is 0 Å². The van der Waals surface area contributed by atoms with E-state index in [1.807, 2.05) is 29.2 Å². The minimum atomic E-state index is -0.378. The molecule has 30 heavy (non-hydrogen) atoms. The number of thioether (sulfide) groups is 1. The lowest BCUT2D eigenvalue weighted by Gasteiger charge is -2.35. The molecule has 0 spiro atoms. The average molecular weight is 427 g/mol. The van der Waals surface area contributed by atoms with Gasteiger partial charge in [-0.25, -0.2) is 9.89 Å². The minimum Gasteiger partial charge on any atom is -0.341 e. The second-order valence-electron chi connectivity index (χ2n) is 9.22. The molecule has 0 bridgehead atoms. The predicted molar refractivity (Wildman–Crippen MR) is 122 cm³/mol. The molecule has 1 saturated heterocycles. The third-order valence-electron chi connectivity index (χ3n) is 5.79. The highest BCUT2D eigenvalue weighted by molar-refractivity contribution is 8.14. The van der Waals surface area contributed by atoms with E-state index in [1.54, 1.807) is 4.90 Å². The number of fused-ring (bicyclic) bond motifs is 3. The second-order valence-corrected chi connectivity index (χ2v) is 10.2. The fourth-order valence-corrected chi connectivity index (χ4v) is 5.49. The quantitative estimate of drug-likeness (QED) is 0.733. The van der Waals surface area contributed by atoms with Gasteiger partial charge in [-0.15, -0.1) is 0 Å². The Labute approximate surface area is 182 Å². The van der Waals surface area contributed by atoms with E-state index in [0.29, 0.717) is 35.2 Å². The lowest BCUT2D eigenvalue weighted by Crippen LogP contribution is -2.45. The molecule has 2 amide bonds. The van der Waals surface area contributed by atoms with Gasteiger partial charge in [0, 0.05) is 18.7 Å². The number of amides is 2. The maximum Gasteiger partial charge on any atom is 0.259 e. The van der Waals surface area contributed by atoms with E-state index in [-0.39, 0.29) is 23.6 Å². The first kappa shape index (κ1) is 21.1. The molecule has 3 heterocycles. The summed E-state index contributed by atoms with van der Waals surface area (Å²) in [6.07, 6.45) is 1.88. The zero-order valence-corrected chi connectivity index (χ0v) is 19.0. The summed E-state index contributed by atoms with van der Waals surface area (Å²) in [4.78, 5) is 39.1. The number of aliphatic imine (C=N–C) groups is 2. The molecule has 1 aromatic carbocycles. The molecular formula is C23H30N4O2S. The molecule has 3 aliphatic heterocycles. The van der Waals surface area contributed by atoms with E-state index in [4.69, 9.17) is 9.98 Å². The Morgan fingerprint density at radius 3 is 2.60 bits per heavy atom. The van der Waals surface area contributed by atoms with Gasteiger partial charge in [0.15, 0.2) is 5.17 Å². The van der Waals surface area contributed by atoms with Crippen LogP contribution in [0.1, 0.15) is 46.1 Å². The highest BCUT2D eigenvalue weighted by Crippen LogP contribution is 2.34. The fourth-order valence-electron chi connectivity index (χ4n) is 4.58. The Morgan fingerprint density at radius 2 is 1.90 bits per heavy atom. The van der Waals surface area contributed by atoms with E-state index in [2.05, 4.69) is 27.7 Å². The van der Waals surface area contributed by atoms with Crippen molar-refractivity contribution in [3.8, 4) is 0 Å². The lowest BCUT2D eigenvalue weighted by atomic mass is 9.92. The Kier molecular flexibility index (Phi) is 6.00. The van der Waals surface area contributed by atoms with E-state index < -0.39 is 0 Å². The third-order valence-corrected chi connectivity index (χ3v) is 6.71.